The molecule has 0 spiro atoms. The number of hydrogen-bond donors (Lipinski definition) is 2. The number of aromatic carboxylic acids is 1. The molecular formula is C75H98N4O5. The van der Waals surface area contributed by atoms with E-state index in [4.69, 9.17) is 10.5 Å². The minimum atomic E-state index is -0.825. The Morgan fingerprint density at radius 2 is 0.786 bits per heavy atom. The molecule has 6 aromatic carbocycles. The number of esters is 1. The minimum Gasteiger partial charge on any atom is -0.478 e. The number of piperidine rings is 3. The molecule has 448 valence electrons. The lowest BCUT2D eigenvalue weighted by atomic mass is 9.57. The zero-order valence-electron chi connectivity index (χ0n) is 49.4. The number of hydrogen-bond acceptors (Lipinski definition) is 7. The highest BCUT2D eigenvalue weighted by molar-refractivity contribution is 5.93. The van der Waals surface area contributed by atoms with E-state index in [0.29, 0.717) is 52.6 Å². The normalized spacial score (nSPS) is 27.1. The molecule has 9 heteroatoms. The highest BCUT2D eigenvalue weighted by Crippen LogP contribution is 2.53. The Kier molecular flexibility index (Phi) is 21.7. The quantitative estimate of drug-likeness (QED) is 0.0977. The number of rotatable bonds is 15. The predicted octanol–water partition coefficient (Wildman–Crippen LogP) is 15.0. The first-order chi connectivity index (χ1) is 39.8. The average molecular weight is 1140 g/mol. The molecule has 1 amide bonds. The monoisotopic (exact) mass is 1130 g/mol. The summed E-state index contributed by atoms with van der Waals surface area (Å²) < 4.78 is 4.95. The van der Waals surface area contributed by atoms with E-state index in [1.807, 2.05) is 36.4 Å². The van der Waals surface area contributed by atoms with Gasteiger partial charge in [-0.05, 0) is 184 Å². The zero-order chi connectivity index (χ0) is 57.3. The number of amides is 1. The van der Waals surface area contributed by atoms with Crippen molar-refractivity contribution in [1.29, 1.82) is 0 Å². The van der Waals surface area contributed by atoms with Crippen molar-refractivity contribution >= 4 is 17.8 Å². The SMILES string of the molecule is C.C.COC(=O)c1cccc(C23CCCC([C@@H]2C)N(CCc2ccccc2)CC3)c1.C[C@H]1C2CCCC1(c1cccc(C(=O)O)c1)CCN2CCc1ccccc1.C[C@H]1C2CCCC1(c1cccc(C(N)=O)c1)CCN2CCc1ccccc1. The highest BCUT2D eigenvalue weighted by Gasteiger charge is 2.52. The fourth-order valence-electron chi connectivity index (χ4n) is 16.8. The molecule has 3 heterocycles. The molecule has 6 bridgehead atoms. The summed E-state index contributed by atoms with van der Waals surface area (Å²) in [7, 11) is 1.46. The van der Waals surface area contributed by atoms with E-state index >= 15 is 0 Å². The van der Waals surface area contributed by atoms with Crippen molar-refractivity contribution < 1.29 is 24.2 Å². The molecule has 84 heavy (non-hydrogen) atoms. The van der Waals surface area contributed by atoms with Crippen LogP contribution in [0.2, 0.25) is 0 Å². The third kappa shape index (κ3) is 13.6. The second kappa shape index (κ2) is 28.7. The van der Waals surface area contributed by atoms with Gasteiger partial charge in [-0.15, -0.1) is 0 Å². The van der Waals surface area contributed by atoms with E-state index in [2.05, 4.69) is 157 Å². The summed E-state index contributed by atoms with van der Waals surface area (Å²) in [6.45, 7) is 14.0. The van der Waals surface area contributed by atoms with Gasteiger partial charge in [0.1, 0.15) is 0 Å². The Bertz CT molecular complexity index is 2940. The number of likely N-dealkylation sites (tertiary alicyclic amines) is 3. The molecule has 6 fully saturated rings. The fraction of sp³-hybridized carbons (Fsp3) is 0.480. The number of carbonyl (C=O) groups excluding carboxylic acids is 2. The number of carboxylic acid groups (broad SMARTS) is 1. The van der Waals surface area contributed by atoms with Crippen molar-refractivity contribution in [2.45, 2.75) is 166 Å². The van der Waals surface area contributed by atoms with Crippen LogP contribution < -0.4 is 5.73 Å². The topological polar surface area (TPSA) is 116 Å². The van der Waals surface area contributed by atoms with Crippen molar-refractivity contribution in [2.75, 3.05) is 46.4 Å². The Labute approximate surface area is 504 Å². The van der Waals surface area contributed by atoms with E-state index in [1.54, 1.807) is 6.07 Å². The number of ether oxygens (including phenoxy) is 1. The van der Waals surface area contributed by atoms with Crippen LogP contribution in [0.15, 0.2) is 164 Å². The van der Waals surface area contributed by atoms with Crippen LogP contribution in [-0.4, -0.2) is 102 Å². The molecular weight excluding hydrogens is 1040 g/mol. The summed E-state index contributed by atoms with van der Waals surface area (Å²) in [5.41, 5.74) is 15.9. The van der Waals surface area contributed by atoms with Gasteiger partial charge >= 0.3 is 11.9 Å². The number of primary amides is 1. The van der Waals surface area contributed by atoms with Gasteiger partial charge in [-0.2, -0.15) is 0 Å². The lowest BCUT2D eigenvalue weighted by molar-refractivity contribution is -0.00241. The molecule has 0 aromatic heterocycles. The van der Waals surface area contributed by atoms with Crippen LogP contribution in [0.25, 0.3) is 0 Å². The Morgan fingerprint density at radius 1 is 0.464 bits per heavy atom. The molecule has 6 aromatic rings. The third-order valence-corrected chi connectivity index (χ3v) is 21.5. The second-order valence-corrected chi connectivity index (χ2v) is 25.2. The van der Waals surface area contributed by atoms with Crippen LogP contribution >= 0.6 is 0 Å². The van der Waals surface area contributed by atoms with Crippen LogP contribution in [0.4, 0.5) is 0 Å². The number of fused-ring (bicyclic) bond motifs is 6. The number of carboxylic acids is 1. The van der Waals surface area contributed by atoms with Gasteiger partial charge in [0.15, 0.2) is 0 Å². The molecule has 0 radical (unpaired) electrons. The van der Waals surface area contributed by atoms with E-state index in [0.717, 1.165) is 65.0 Å². The van der Waals surface area contributed by atoms with Gasteiger partial charge in [-0.1, -0.05) is 182 Å². The molecule has 3 aliphatic carbocycles. The fourth-order valence-corrected chi connectivity index (χ4v) is 16.8. The summed E-state index contributed by atoms with van der Waals surface area (Å²) in [5, 5.41) is 9.41. The van der Waals surface area contributed by atoms with Gasteiger partial charge in [-0.3, -0.25) is 19.5 Å². The molecule has 9 nitrogen and oxygen atoms in total. The van der Waals surface area contributed by atoms with E-state index in [-0.39, 0.29) is 43.0 Å². The smallest absolute Gasteiger partial charge is 0.337 e. The van der Waals surface area contributed by atoms with Crippen molar-refractivity contribution in [2.24, 2.45) is 23.5 Å². The number of methoxy groups -OCH3 is 1. The van der Waals surface area contributed by atoms with Crippen LogP contribution in [0.5, 0.6) is 0 Å². The summed E-state index contributed by atoms with van der Waals surface area (Å²) >= 11 is 0. The van der Waals surface area contributed by atoms with Gasteiger partial charge < -0.3 is 15.6 Å². The average Bonchev–Trinajstić information content (AvgIpc) is 2.15. The van der Waals surface area contributed by atoms with Crippen LogP contribution in [0.1, 0.15) is 177 Å². The molecule has 3 saturated heterocycles. The largest absolute Gasteiger partial charge is 0.478 e. The van der Waals surface area contributed by atoms with Crippen molar-refractivity contribution in [1.82, 2.24) is 14.7 Å². The van der Waals surface area contributed by atoms with E-state index in [1.165, 1.54) is 111 Å². The third-order valence-electron chi connectivity index (χ3n) is 21.5. The summed E-state index contributed by atoms with van der Waals surface area (Å²) in [6.07, 6.45) is 18.0. The molecule has 12 rings (SSSR count). The minimum absolute atomic E-state index is 0. The van der Waals surface area contributed by atoms with Crippen molar-refractivity contribution in [3.05, 3.63) is 214 Å². The van der Waals surface area contributed by atoms with Gasteiger partial charge in [0.2, 0.25) is 5.91 Å². The summed E-state index contributed by atoms with van der Waals surface area (Å²) in [5.74, 6) is 0.359. The lowest BCUT2D eigenvalue weighted by Gasteiger charge is -2.56. The van der Waals surface area contributed by atoms with Crippen molar-refractivity contribution in [3.63, 3.8) is 0 Å². The molecule has 6 unspecified atom stereocenters. The molecule has 3 saturated carbocycles. The maximum atomic E-state index is 12.0. The Balaban J connectivity index is 0.000000162. The summed E-state index contributed by atoms with van der Waals surface area (Å²) in [6, 6.07) is 58.3. The number of nitrogens with zero attached hydrogens (tertiary/aromatic N) is 3. The number of benzene rings is 6. The van der Waals surface area contributed by atoms with Crippen LogP contribution in [0.3, 0.4) is 0 Å². The van der Waals surface area contributed by atoms with Crippen molar-refractivity contribution in [3.8, 4) is 0 Å². The van der Waals surface area contributed by atoms with Crippen LogP contribution in [-0.2, 0) is 40.2 Å². The number of nitrogens with two attached hydrogens (primary N) is 1. The van der Waals surface area contributed by atoms with Gasteiger partial charge in [0.25, 0.3) is 0 Å². The first kappa shape index (κ1) is 63.6. The number of carbonyl (C=O) groups is 3. The zero-order valence-corrected chi connectivity index (χ0v) is 49.4. The molecule has 6 aliphatic rings. The van der Waals surface area contributed by atoms with Crippen LogP contribution in [0, 0.1) is 17.8 Å². The standard InChI is InChI=1S/C25H31NO2.C24H30N2O.C24H29NO2.2CH4/c1-19-23-12-7-14-25(19,22-11-6-10-21(18-22)24(27)28-2)15-17-26(23)16-13-20-8-4-3-5-9-20;1-18-22-11-6-13-24(18,21-10-5-9-20(17-21)23(25)27)14-16-26(22)15-12-19-7-3-2-4-8-19;1-18-22-11-6-13-24(18,21-10-5-9-20(17-21)23(26)27)14-16-25(22)15-12-19-7-3-2-4-8-19;;/h3-6,8-11,18-19,23H,7,12-17H2,1-2H3;2-5,7-10,17-18,22H,6,11-16H2,1H3,(H2,25,27);2-5,7-10,17-18,22H,6,11-16H2,1H3,(H,26,27);2*1H4/t19-,23?,25?;2*18-,22?,24?;;/m000../s1. The highest BCUT2D eigenvalue weighted by atomic mass is 16.5. The maximum absolute atomic E-state index is 12.0. The van der Waals surface area contributed by atoms with E-state index in [9.17, 15) is 19.5 Å². The second-order valence-electron chi connectivity index (χ2n) is 25.2. The van der Waals surface area contributed by atoms with E-state index < -0.39 is 5.97 Å². The Hall–Kier alpha value is -6.39. The van der Waals surface area contributed by atoms with Gasteiger partial charge in [0.05, 0.1) is 18.2 Å². The lowest BCUT2D eigenvalue weighted by Crippen LogP contribution is -2.58. The van der Waals surface area contributed by atoms with Gasteiger partial charge in [0, 0.05) is 59.6 Å². The predicted molar refractivity (Wildman–Crippen MR) is 344 cm³/mol. The maximum Gasteiger partial charge on any atom is 0.337 e. The van der Waals surface area contributed by atoms with Gasteiger partial charge in [-0.25, -0.2) is 9.59 Å². The summed E-state index contributed by atoms with van der Waals surface area (Å²) in [4.78, 5) is 43.3. The Morgan fingerprint density at radius 3 is 1.12 bits per heavy atom. The first-order valence-electron chi connectivity index (χ1n) is 31.1. The molecule has 3 N–H and O–H groups in total. The molecule has 3 aliphatic heterocycles. The molecule has 9 atom stereocenters. The first-order valence-corrected chi connectivity index (χ1v) is 31.1.